The van der Waals surface area contributed by atoms with Crippen molar-refractivity contribution in [2.75, 3.05) is 0 Å². The summed E-state index contributed by atoms with van der Waals surface area (Å²) in [7, 11) is 0. The molecule has 0 saturated heterocycles. The van der Waals surface area contributed by atoms with Gasteiger partial charge in [0, 0.05) is 17.6 Å². The fourth-order valence-electron chi connectivity index (χ4n) is 0.285. The summed E-state index contributed by atoms with van der Waals surface area (Å²) in [5, 5.41) is 0.405. The molecule has 0 spiro atoms. The van der Waals surface area contributed by atoms with Crippen LogP contribution in [0.2, 0.25) is 0 Å². The largest absolute Gasteiger partial charge is 1.00 e. The Kier molecular flexibility index (Phi) is 4.36. The molecular weight excluding hydrogens is 131 g/mol. The van der Waals surface area contributed by atoms with Crippen molar-refractivity contribution in [1.29, 1.82) is 0 Å². The Morgan fingerprint density at radius 2 is 1.75 bits per heavy atom. The molecule has 0 N–H and O–H groups in total. The van der Waals surface area contributed by atoms with Crippen molar-refractivity contribution in [2.45, 2.75) is 5.16 Å². The summed E-state index contributed by atoms with van der Waals surface area (Å²) in [6, 6.07) is 1.73. The molecule has 0 amide bonds. The van der Waals surface area contributed by atoms with E-state index in [1.165, 1.54) is 0 Å². The van der Waals surface area contributed by atoms with Crippen molar-refractivity contribution < 1.29 is 29.6 Å². The molecule has 0 bridgehead atoms. The molecule has 0 aliphatic rings. The van der Waals surface area contributed by atoms with Crippen LogP contribution < -0.4 is 29.6 Å². The molecule has 2 nitrogen and oxygen atoms in total. The standard InChI is InChI=1S/C4H4N2S.Na/c7-4-5-2-1-3-6-4;/h1-3H,(H,5,6,7);/q;+1/p-1. The van der Waals surface area contributed by atoms with E-state index in [9.17, 15) is 0 Å². The van der Waals surface area contributed by atoms with Crippen LogP contribution in [0.25, 0.3) is 0 Å². The summed E-state index contributed by atoms with van der Waals surface area (Å²) in [6.45, 7) is 0. The van der Waals surface area contributed by atoms with Crippen molar-refractivity contribution in [2.24, 2.45) is 0 Å². The SMILES string of the molecule is [Na+].[S-]c1ncccn1. The third kappa shape index (κ3) is 2.57. The topological polar surface area (TPSA) is 25.8 Å². The van der Waals surface area contributed by atoms with Crippen LogP contribution >= 0.6 is 0 Å². The Bertz CT molecular complexity index is 144. The van der Waals surface area contributed by atoms with Gasteiger partial charge in [0.2, 0.25) is 0 Å². The average molecular weight is 134 g/mol. The molecule has 1 aromatic rings. The number of aromatic nitrogens is 2. The molecule has 0 fully saturated rings. The molecule has 1 rings (SSSR count). The van der Waals surface area contributed by atoms with Crippen LogP contribution in [0.15, 0.2) is 23.6 Å². The second-order valence-electron chi connectivity index (χ2n) is 1.03. The normalized spacial score (nSPS) is 7.50. The van der Waals surface area contributed by atoms with Crippen molar-refractivity contribution in [3.05, 3.63) is 18.5 Å². The predicted octanol–water partition coefficient (Wildman–Crippen LogP) is -2.61. The summed E-state index contributed by atoms with van der Waals surface area (Å²) < 4.78 is 0. The molecule has 36 valence electrons. The predicted molar refractivity (Wildman–Crippen MR) is 27.7 cm³/mol. The van der Waals surface area contributed by atoms with Crippen molar-refractivity contribution in [3.63, 3.8) is 0 Å². The second kappa shape index (κ2) is 4.21. The van der Waals surface area contributed by atoms with Crippen molar-refractivity contribution in [1.82, 2.24) is 9.97 Å². The van der Waals surface area contributed by atoms with Gasteiger partial charge in [0.05, 0.1) is 0 Å². The zero-order valence-electron chi connectivity index (χ0n) is 4.53. The van der Waals surface area contributed by atoms with E-state index < -0.39 is 0 Å². The van der Waals surface area contributed by atoms with E-state index in [-0.39, 0.29) is 29.6 Å². The first-order valence-corrected chi connectivity index (χ1v) is 2.24. The Morgan fingerprint density at radius 1 is 1.25 bits per heavy atom. The summed E-state index contributed by atoms with van der Waals surface area (Å²) in [5.41, 5.74) is 0. The first-order chi connectivity index (χ1) is 3.39. The van der Waals surface area contributed by atoms with Crippen LogP contribution in [0.1, 0.15) is 0 Å². The molecule has 1 heterocycles. The average Bonchev–Trinajstić information content (AvgIpc) is 1.69. The van der Waals surface area contributed by atoms with Crippen LogP contribution in [0.5, 0.6) is 0 Å². The van der Waals surface area contributed by atoms with Crippen LogP contribution in [0.3, 0.4) is 0 Å². The molecule has 0 aliphatic carbocycles. The van der Waals surface area contributed by atoms with E-state index in [0.717, 1.165) is 0 Å². The van der Waals surface area contributed by atoms with E-state index in [0.29, 0.717) is 5.16 Å². The molecule has 4 heteroatoms. The van der Waals surface area contributed by atoms with Gasteiger partial charge in [-0.3, -0.25) is 9.97 Å². The number of nitrogens with zero attached hydrogens (tertiary/aromatic N) is 2. The quantitative estimate of drug-likeness (QED) is 0.221. The van der Waals surface area contributed by atoms with Gasteiger partial charge in [-0.2, -0.15) is 0 Å². The molecule has 0 saturated carbocycles. The third-order valence-electron chi connectivity index (χ3n) is 0.542. The molecule has 0 aromatic carbocycles. The first-order valence-electron chi connectivity index (χ1n) is 1.83. The summed E-state index contributed by atoms with van der Waals surface area (Å²) in [5.74, 6) is 0. The van der Waals surface area contributed by atoms with Crippen molar-refractivity contribution >= 4 is 12.6 Å². The van der Waals surface area contributed by atoms with Gasteiger partial charge >= 0.3 is 29.6 Å². The maximum Gasteiger partial charge on any atom is 1.00 e. The minimum atomic E-state index is 0. The van der Waals surface area contributed by atoms with Gasteiger partial charge in [0.1, 0.15) is 0 Å². The minimum Gasteiger partial charge on any atom is -0.740 e. The zero-order chi connectivity index (χ0) is 5.11. The molecule has 8 heavy (non-hydrogen) atoms. The number of rotatable bonds is 0. The van der Waals surface area contributed by atoms with Gasteiger partial charge in [0.15, 0.2) is 0 Å². The smallest absolute Gasteiger partial charge is 0.740 e. The second-order valence-corrected chi connectivity index (χ2v) is 1.40. The Hall–Kier alpha value is 0.300. The van der Waals surface area contributed by atoms with Crippen molar-refractivity contribution in [3.8, 4) is 0 Å². The molecular formula is C4H3N2NaS. The molecule has 0 unspecified atom stereocenters. The summed E-state index contributed by atoms with van der Waals surface area (Å²) in [4.78, 5) is 7.37. The Labute approximate surface area is 75.4 Å². The molecule has 1 aromatic heterocycles. The van der Waals surface area contributed by atoms with Gasteiger partial charge in [-0.1, -0.05) is 0 Å². The fourth-order valence-corrected chi connectivity index (χ4v) is 0.407. The summed E-state index contributed by atoms with van der Waals surface area (Å²) >= 11 is 4.59. The van der Waals surface area contributed by atoms with E-state index >= 15 is 0 Å². The number of hydrogen-bond acceptors (Lipinski definition) is 3. The van der Waals surface area contributed by atoms with Gasteiger partial charge in [-0.05, 0) is 6.07 Å². The van der Waals surface area contributed by atoms with Crippen LogP contribution in [0, 0.1) is 0 Å². The van der Waals surface area contributed by atoms with Gasteiger partial charge < -0.3 is 12.6 Å². The first kappa shape index (κ1) is 8.30. The minimum absolute atomic E-state index is 0. The Balaban J connectivity index is 0.000000490. The fraction of sp³-hybridized carbons (Fsp3) is 0. The Morgan fingerprint density at radius 3 is 2.00 bits per heavy atom. The summed E-state index contributed by atoms with van der Waals surface area (Å²) in [6.07, 6.45) is 3.24. The monoisotopic (exact) mass is 134 g/mol. The van der Waals surface area contributed by atoms with E-state index in [4.69, 9.17) is 0 Å². The van der Waals surface area contributed by atoms with Crippen LogP contribution in [0.4, 0.5) is 0 Å². The van der Waals surface area contributed by atoms with Crippen LogP contribution in [-0.2, 0) is 12.6 Å². The van der Waals surface area contributed by atoms with E-state index in [2.05, 4.69) is 22.6 Å². The van der Waals surface area contributed by atoms with Gasteiger partial charge in [0.25, 0.3) is 0 Å². The molecule has 0 atom stereocenters. The van der Waals surface area contributed by atoms with Gasteiger partial charge in [-0.25, -0.2) is 0 Å². The van der Waals surface area contributed by atoms with E-state index in [1.54, 1.807) is 18.5 Å². The van der Waals surface area contributed by atoms with E-state index in [1.807, 2.05) is 0 Å². The van der Waals surface area contributed by atoms with Crippen LogP contribution in [-0.4, -0.2) is 9.97 Å². The maximum atomic E-state index is 4.59. The maximum absolute atomic E-state index is 4.59. The number of hydrogen-bond donors (Lipinski definition) is 0. The third-order valence-corrected chi connectivity index (χ3v) is 0.753. The molecule has 0 aliphatic heterocycles. The zero-order valence-corrected chi connectivity index (χ0v) is 7.35. The molecule has 0 radical (unpaired) electrons. The van der Waals surface area contributed by atoms with Gasteiger partial charge in [-0.15, -0.1) is 0 Å².